The fourth-order valence-corrected chi connectivity index (χ4v) is 3.16. The first-order chi connectivity index (χ1) is 10.3. The summed E-state index contributed by atoms with van der Waals surface area (Å²) in [6.45, 7) is 3.88. The first-order valence-corrected chi connectivity index (χ1v) is 8.32. The first kappa shape index (κ1) is 14.6. The average molecular weight is 346 g/mol. The highest BCUT2D eigenvalue weighted by Crippen LogP contribution is 2.29. The molecule has 1 aliphatic heterocycles. The van der Waals surface area contributed by atoms with Gasteiger partial charge in [-0.15, -0.1) is 0 Å². The van der Waals surface area contributed by atoms with Crippen LogP contribution in [0.25, 0.3) is 10.8 Å². The molecule has 2 aromatic rings. The van der Waals surface area contributed by atoms with Crippen LogP contribution in [0.1, 0.15) is 31.4 Å². The fourth-order valence-electron chi connectivity index (χ4n) is 2.78. The zero-order chi connectivity index (χ0) is 14.7. The molecule has 21 heavy (non-hydrogen) atoms. The van der Waals surface area contributed by atoms with E-state index in [9.17, 15) is 0 Å². The number of ether oxygens (including phenoxy) is 1. The Kier molecular flexibility index (Phi) is 4.61. The Balaban J connectivity index is 1.98. The van der Waals surface area contributed by atoms with Gasteiger partial charge in [0.25, 0.3) is 0 Å². The number of hydrogen-bond acceptors (Lipinski definition) is 2. The summed E-state index contributed by atoms with van der Waals surface area (Å²) in [6, 6.07) is 13.2. The summed E-state index contributed by atoms with van der Waals surface area (Å²) in [5, 5.41) is 6.05. The third-order valence-electron chi connectivity index (χ3n) is 3.82. The van der Waals surface area contributed by atoms with Gasteiger partial charge in [-0.25, -0.2) is 0 Å². The van der Waals surface area contributed by atoms with Crippen molar-refractivity contribution >= 4 is 26.7 Å². The summed E-state index contributed by atoms with van der Waals surface area (Å²) >= 11 is 3.53. The third-order valence-corrected chi connectivity index (χ3v) is 4.31. The molecule has 2 nitrogen and oxygen atoms in total. The molecule has 0 fully saturated rings. The zero-order valence-corrected chi connectivity index (χ0v) is 13.8. The number of likely N-dealkylation sites (N-methyl/N-ethyl adjacent to an activating group) is 1. The molecule has 0 saturated heterocycles. The molecule has 0 aliphatic carbocycles. The summed E-state index contributed by atoms with van der Waals surface area (Å²) in [7, 11) is 0. The quantitative estimate of drug-likeness (QED) is 0.846. The molecule has 0 spiro atoms. The lowest BCUT2D eigenvalue weighted by molar-refractivity contribution is 0.168. The summed E-state index contributed by atoms with van der Waals surface area (Å²) < 4.78 is 6.98. The lowest BCUT2D eigenvalue weighted by Crippen LogP contribution is -2.25. The Bertz CT molecular complexity index is 665. The van der Waals surface area contributed by atoms with Crippen LogP contribution in [0.3, 0.4) is 0 Å². The van der Waals surface area contributed by atoms with E-state index in [0.29, 0.717) is 0 Å². The molecular weight excluding hydrogens is 326 g/mol. The van der Waals surface area contributed by atoms with E-state index in [0.717, 1.165) is 36.2 Å². The van der Waals surface area contributed by atoms with Crippen LogP contribution in [0.5, 0.6) is 0 Å². The summed E-state index contributed by atoms with van der Waals surface area (Å²) in [4.78, 5) is 0. The van der Waals surface area contributed by atoms with E-state index in [2.05, 4.69) is 70.6 Å². The van der Waals surface area contributed by atoms with Crippen molar-refractivity contribution in [3.8, 4) is 0 Å². The Morgan fingerprint density at radius 1 is 1.19 bits per heavy atom. The lowest BCUT2D eigenvalue weighted by Gasteiger charge is -2.25. The maximum absolute atomic E-state index is 5.87. The minimum absolute atomic E-state index is 0.156. The highest BCUT2D eigenvalue weighted by atomic mass is 79.9. The third kappa shape index (κ3) is 3.30. The van der Waals surface area contributed by atoms with Gasteiger partial charge in [-0.05, 0) is 60.0 Å². The second-order valence-electron chi connectivity index (χ2n) is 5.34. The van der Waals surface area contributed by atoms with Gasteiger partial charge < -0.3 is 10.1 Å². The number of nitrogens with one attached hydrogen (secondary N) is 1. The van der Waals surface area contributed by atoms with Gasteiger partial charge in [-0.2, -0.15) is 0 Å². The molecule has 110 valence electrons. The normalized spacial score (nSPS) is 16.4. The predicted octanol–water partition coefficient (Wildman–Crippen LogP) is 4.95. The van der Waals surface area contributed by atoms with Crippen molar-refractivity contribution in [1.29, 1.82) is 0 Å². The van der Waals surface area contributed by atoms with E-state index in [1.165, 1.54) is 16.3 Å². The molecule has 0 amide bonds. The van der Waals surface area contributed by atoms with Gasteiger partial charge in [0, 0.05) is 4.47 Å². The topological polar surface area (TPSA) is 21.3 Å². The van der Waals surface area contributed by atoms with Crippen LogP contribution in [0, 0.1) is 0 Å². The lowest BCUT2D eigenvalue weighted by atomic mass is 9.99. The van der Waals surface area contributed by atoms with Crippen LogP contribution in [0.2, 0.25) is 0 Å². The van der Waals surface area contributed by atoms with Gasteiger partial charge >= 0.3 is 0 Å². The number of halogens is 1. The van der Waals surface area contributed by atoms with E-state index in [4.69, 9.17) is 4.74 Å². The van der Waals surface area contributed by atoms with Crippen molar-refractivity contribution in [3.05, 3.63) is 58.3 Å². The van der Waals surface area contributed by atoms with Crippen LogP contribution in [0.15, 0.2) is 52.7 Å². The highest BCUT2D eigenvalue weighted by Gasteiger charge is 2.19. The largest absolute Gasteiger partial charge is 0.496 e. The first-order valence-electron chi connectivity index (χ1n) is 7.53. The van der Waals surface area contributed by atoms with Crippen molar-refractivity contribution < 1.29 is 4.74 Å². The van der Waals surface area contributed by atoms with Crippen molar-refractivity contribution in [1.82, 2.24) is 5.32 Å². The maximum atomic E-state index is 5.87. The minimum atomic E-state index is 0.156. The summed E-state index contributed by atoms with van der Waals surface area (Å²) in [6.07, 6.45) is 4.45. The standard InChI is InChI=1S/C18H20BrNO/c1-2-20-18(17-5-3-4-10-21-17)15-7-6-14-12-16(19)9-8-13(14)11-15/h5-9,11-12,18,20H,2-4,10H2,1H3. The number of fused-ring (bicyclic) bond motifs is 1. The van der Waals surface area contributed by atoms with Gasteiger partial charge in [0.05, 0.1) is 12.6 Å². The number of hydrogen-bond donors (Lipinski definition) is 1. The van der Waals surface area contributed by atoms with Crippen molar-refractivity contribution in [2.45, 2.75) is 25.8 Å². The van der Waals surface area contributed by atoms with Crippen LogP contribution in [-0.4, -0.2) is 13.2 Å². The van der Waals surface area contributed by atoms with Crippen LogP contribution < -0.4 is 5.32 Å². The van der Waals surface area contributed by atoms with E-state index < -0.39 is 0 Å². The van der Waals surface area contributed by atoms with Crippen LogP contribution >= 0.6 is 15.9 Å². The molecule has 3 heteroatoms. The Morgan fingerprint density at radius 3 is 2.76 bits per heavy atom. The van der Waals surface area contributed by atoms with Gasteiger partial charge in [-0.1, -0.05) is 41.1 Å². The SMILES string of the molecule is CCNC(C1=CCCCO1)c1ccc2cc(Br)ccc2c1. The minimum Gasteiger partial charge on any atom is -0.496 e. The average Bonchev–Trinajstić information content (AvgIpc) is 2.53. The maximum Gasteiger partial charge on any atom is 0.113 e. The fraction of sp³-hybridized carbons (Fsp3) is 0.333. The van der Waals surface area contributed by atoms with Gasteiger partial charge in [0.2, 0.25) is 0 Å². The Hall–Kier alpha value is -1.32. The number of benzene rings is 2. The van der Waals surface area contributed by atoms with E-state index in [1.54, 1.807) is 0 Å². The second kappa shape index (κ2) is 6.63. The smallest absolute Gasteiger partial charge is 0.113 e. The molecule has 1 N–H and O–H groups in total. The van der Waals surface area contributed by atoms with Crippen LogP contribution in [-0.2, 0) is 4.74 Å². The zero-order valence-electron chi connectivity index (χ0n) is 12.2. The highest BCUT2D eigenvalue weighted by molar-refractivity contribution is 9.10. The number of rotatable bonds is 4. The summed E-state index contributed by atoms with van der Waals surface area (Å²) in [5.74, 6) is 1.07. The molecule has 3 rings (SSSR count). The molecular formula is C18H20BrNO. The van der Waals surface area contributed by atoms with Gasteiger partial charge in [-0.3, -0.25) is 0 Å². The van der Waals surface area contributed by atoms with Crippen molar-refractivity contribution in [2.24, 2.45) is 0 Å². The summed E-state index contributed by atoms with van der Waals surface area (Å²) in [5.41, 5.74) is 1.26. The molecule has 1 aliphatic rings. The molecule has 1 atom stereocenters. The Labute approximate surface area is 134 Å². The second-order valence-corrected chi connectivity index (χ2v) is 6.25. The molecule has 0 bridgehead atoms. The Morgan fingerprint density at radius 2 is 2.00 bits per heavy atom. The molecule has 1 unspecified atom stereocenters. The molecule has 0 saturated carbocycles. The van der Waals surface area contributed by atoms with E-state index in [-0.39, 0.29) is 6.04 Å². The molecule has 2 aromatic carbocycles. The number of allylic oxidation sites excluding steroid dienone is 1. The van der Waals surface area contributed by atoms with Gasteiger partial charge in [0.15, 0.2) is 0 Å². The molecule has 0 aromatic heterocycles. The van der Waals surface area contributed by atoms with Gasteiger partial charge in [0.1, 0.15) is 5.76 Å². The van der Waals surface area contributed by atoms with Crippen molar-refractivity contribution in [3.63, 3.8) is 0 Å². The van der Waals surface area contributed by atoms with Crippen molar-refractivity contribution in [2.75, 3.05) is 13.2 Å². The van der Waals surface area contributed by atoms with E-state index in [1.807, 2.05) is 0 Å². The predicted molar refractivity (Wildman–Crippen MR) is 91.3 cm³/mol. The molecule has 0 radical (unpaired) electrons. The molecule has 1 heterocycles. The van der Waals surface area contributed by atoms with Crippen LogP contribution in [0.4, 0.5) is 0 Å². The van der Waals surface area contributed by atoms with E-state index >= 15 is 0 Å². The monoisotopic (exact) mass is 345 g/mol.